The first kappa shape index (κ1) is 17.8. The molecule has 2 atom stereocenters. The molecule has 0 bridgehead atoms. The number of aryl methyl sites for hydroxylation is 1. The molecule has 0 spiro atoms. The Bertz CT molecular complexity index is 591. The van der Waals surface area contributed by atoms with Gasteiger partial charge < -0.3 is 15.3 Å². The van der Waals surface area contributed by atoms with Crippen LogP contribution in [0.3, 0.4) is 0 Å². The molecule has 2 N–H and O–H groups in total. The number of carbonyl (C=O) groups excluding carboxylic acids is 2. The number of aliphatic hydroxyl groups is 1. The number of amides is 2. The zero-order valence-corrected chi connectivity index (χ0v) is 14.3. The Morgan fingerprint density at radius 3 is 2.74 bits per heavy atom. The fourth-order valence-electron chi connectivity index (χ4n) is 2.92. The van der Waals surface area contributed by atoms with Crippen LogP contribution in [-0.2, 0) is 9.59 Å². The molecule has 5 nitrogen and oxygen atoms in total. The molecule has 0 radical (unpaired) electrons. The van der Waals surface area contributed by atoms with E-state index >= 15 is 0 Å². The number of rotatable bonds is 3. The maximum absolute atomic E-state index is 12.2. The van der Waals surface area contributed by atoms with Crippen LogP contribution in [0.15, 0.2) is 18.2 Å². The van der Waals surface area contributed by atoms with Crippen molar-refractivity contribution < 1.29 is 14.7 Å². The lowest BCUT2D eigenvalue weighted by molar-refractivity contribution is -0.143. The third-order valence-corrected chi connectivity index (χ3v) is 4.62. The molecule has 1 aromatic carbocycles. The second-order valence-electron chi connectivity index (χ2n) is 6.23. The third kappa shape index (κ3) is 4.69. The van der Waals surface area contributed by atoms with E-state index in [9.17, 15) is 14.7 Å². The Morgan fingerprint density at radius 2 is 2.04 bits per heavy atom. The molecule has 1 aliphatic rings. The molecule has 0 saturated heterocycles. The molecule has 1 fully saturated rings. The van der Waals surface area contributed by atoms with E-state index in [0.29, 0.717) is 17.3 Å². The van der Waals surface area contributed by atoms with E-state index in [1.54, 1.807) is 19.2 Å². The first-order chi connectivity index (χ1) is 10.9. The highest BCUT2D eigenvalue weighted by atomic mass is 35.5. The van der Waals surface area contributed by atoms with Crippen LogP contribution in [0.2, 0.25) is 5.02 Å². The third-order valence-electron chi connectivity index (χ3n) is 4.29. The summed E-state index contributed by atoms with van der Waals surface area (Å²) in [6.45, 7) is 2.26. The predicted octanol–water partition coefficient (Wildman–Crippen LogP) is 2.60. The number of anilines is 1. The number of hydrogen-bond donors (Lipinski definition) is 2. The van der Waals surface area contributed by atoms with Crippen molar-refractivity contribution in [3.63, 3.8) is 0 Å². The van der Waals surface area contributed by atoms with Gasteiger partial charge in [-0.15, -0.1) is 0 Å². The van der Waals surface area contributed by atoms with Crippen LogP contribution in [0.25, 0.3) is 0 Å². The van der Waals surface area contributed by atoms with Crippen LogP contribution in [0.1, 0.15) is 31.2 Å². The normalized spacial score (nSPS) is 20.9. The fraction of sp³-hybridized carbons (Fsp3) is 0.529. The van der Waals surface area contributed by atoms with Crippen LogP contribution >= 0.6 is 11.6 Å². The van der Waals surface area contributed by atoms with Crippen molar-refractivity contribution in [3.05, 3.63) is 28.8 Å². The highest BCUT2D eigenvalue weighted by Crippen LogP contribution is 2.25. The molecule has 0 heterocycles. The molecule has 2 unspecified atom stereocenters. The maximum atomic E-state index is 12.2. The van der Waals surface area contributed by atoms with E-state index in [0.717, 1.165) is 31.2 Å². The average molecular weight is 339 g/mol. The number of carbonyl (C=O) groups is 2. The number of halogens is 1. The Labute approximate surface area is 141 Å². The molecule has 1 aliphatic carbocycles. The van der Waals surface area contributed by atoms with Gasteiger partial charge in [0.05, 0.1) is 16.8 Å². The molecule has 0 aromatic heterocycles. The minimum absolute atomic E-state index is 0.0352. The summed E-state index contributed by atoms with van der Waals surface area (Å²) >= 11 is 6.03. The van der Waals surface area contributed by atoms with Crippen LogP contribution in [-0.4, -0.2) is 41.5 Å². The summed E-state index contributed by atoms with van der Waals surface area (Å²) in [7, 11) is 1.58. The van der Waals surface area contributed by atoms with E-state index < -0.39 is 17.9 Å². The average Bonchev–Trinajstić information content (AvgIpc) is 2.52. The number of nitrogens with zero attached hydrogens (tertiary/aromatic N) is 1. The van der Waals surface area contributed by atoms with Crippen molar-refractivity contribution in [2.24, 2.45) is 5.92 Å². The quantitative estimate of drug-likeness (QED) is 0.832. The molecule has 1 saturated carbocycles. The lowest BCUT2D eigenvalue weighted by Gasteiger charge is -2.30. The van der Waals surface area contributed by atoms with E-state index in [1.165, 1.54) is 4.90 Å². The highest BCUT2D eigenvalue weighted by Gasteiger charge is 2.27. The Kier molecular flexibility index (Phi) is 6.02. The van der Waals surface area contributed by atoms with Crippen molar-refractivity contribution in [3.8, 4) is 0 Å². The van der Waals surface area contributed by atoms with Gasteiger partial charge in [-0.25, -0.2) is 0 Å². The number of benzene rings is 1. The second-order valence-corrected chi connectivity index (χ2v) is 6.64. The Hall–Kier alpha value is -1.59. The van der Waals surface area contributed by atoms with E-state index in [-0.39, 0.29) is 5.92 Å². The van der Waals surface area contributed by atoms with Gasteiger partial charge in [0.1, 0.15) is 0 Å². The number of aliphatic hydroxyl groups excluding tert-OH is 1. The van der Waals surface area contributed by atoms with Crippen LogP contribution < -0.4 is 5.32 Å². The number of likely N-dealkylation sites (N-methyl/N-ethyl adjacent to an activating group) is 1. The Balaban J connectivity index is 1.95. The molecule has 126 valence electrons. The second kappa shape index (κ2) is 7.79. The van der Waals surface area contributed by atoms with Crippen molar-refractivity contribution in [2.45, 2.75) is 38.7 Å². The van der Waals surface area contributed by atoms with Crippen LogP contribution in [0.4, 0.5) is 5.69 Å². The first-order valence-corrected chi connectivity index (χ1v) is 8.27. The fourth-order valence-corrected chi connectivity index (χ4v) is 3.08. The summed E-state index contributed by atoms with van der Waals surface area (Å²) in [5, 5.41) is 12.9. The van der Waals surface area contributed by atoms with Gasteiger partial charge in [-0.1, -0.05) is 30.5 Å². The lowest BCUT2D eigenvalue weighted by atomic mass is 9.86. The molecular weight excluding hydrogens is 316 g/mol. The summed E-state index contributed by atoms with van der Waals surface area (Å²) in [6, 6.07) is 5.23. The minimum Gasteiger partial charge on any atom is -0.393 e. The predicted molar refractivity (Wildman–Crippen MR) is 90.4 cm³/mol. The van der Waals surface area contributed by atoms with Gasteiger partial charge >= 0.3 is 11.8 Å². The van der Waals surface area contributed by atoms with Crippen molar-refractivity contribution >= 4 is 29.1 Å². The van der Waals surface area contributed by atoms with Crippen LogP contribution in [0.5, 0.6) is 0 Å². The molecule has 2 rings (SSSR count). The molecular formula is C17H23ClN2O3. The molecule has 1 aromatic rings. The molecule has 23 heavy (non-hydrogen) atoms. The monoisotopic (exact) mass is 338 g/mol. The summed E-state index contributed by atoms with van der Waals surface area (Å²) in [5.74, 6) is -1.31. The molecule has 2 amide bonds. The minimum atomic E-state index is -0.717. The summed E-state index contributed by atoms with van der Waals surface area (Å²) in [6.07, 6.45) is 3.31. The van der Waals surface area contributed by atoms with Crippen LogP contribution in [0, 0.1) is 12.8 Å². The lowest BCUT2D eigenvalue weighted by Crippen LogP contribution is -2.42. The van der Waals surface area contributed by atoms with Gasteiger partial charge in [0.15, 0.2) is 0 Å². The SMILES string of the molecule is Cc1ccc(Cl)c(NC(=O)C(=O)N(C)CC2CCCCC2O)c1. The van der Waals surface area contributed by atoms with Gasteiger partial charge in [-0.05, 0) is 37.5 Å². The van der Waals surface area contributed by atoms with Crippen molar-refractivity contribution in [1.29, 1.82) is 0 Å². The topological polar surface area (TPSA) is 69.6 Å². The van der Waals surface area contributed by atoms with Gasteiger partial charge in [0.25, 0.3) is 0 Å². The first-order valence-electron chi connectivity index (χ1n) is 7.89. The van der Waals surface area contributed by atoms with Gasteiger partial charge in [0.2, 0.25) is 0 Å². The smallest absolute Gasteiger partial charge is 0.313 e. The van der Waals surface area contributed by atoms with E-state index in [2.05, 4.69) is 5.32 Å². The number of nitrogens with one attached hydrogen (secondary N) is 1. The standard InChI is InChI=1S/C17H23ClN2O3/c1-11-7-8-13(18)14(9-11)19-16(22)17(23)20(2)10-12-5-3-4-6-15(12)21/h7-9,12,15,21H,3-6,10H2,1-2H3,(H,19,22). The summed E-state index contributed by atoms with van der Waals surface area (Å²) in [4.78, 5) is 25.7. The molecule has 6 heteroatoms. The zero-order valence-electron chi connectivity index (χ0n) is 13.5. The van der Waals surface area contributed by atoms with Crippen molar-refractivity contribution in [1.82, 2.24) is 4.90 Å². The molecule has 0 aliphatic heterocycles. The van der Waals surface area contributed by atoms with Gasteiger partial charge in [0, 0.05) is 19.5 Å². The maximum Gasteiger partial charge on any atom is 0.313 e. The zero-order chi connectivity index (χ0) is 17.0. The summed E-state index contributed by atoms with van der Waals surface area (Å²) in [5.41, 5.74) is 1.37. The van der Waals surface area contributed by atoms with Gasteiger partial charge in [-0.2, -0.15) is 0 Å². The largest absolute Gasteiger partial charge is 0.393 e. The van der Waals surface area contributed by atoms with E-state index in [4.69, 9.17) is 11.6 Å². The Morgan fingerprint density at radius 1 is 1.35 bits per heavy atom. The van der Waals surface area contributed by atoms with E-state index in [1.807, 2.05) is 13.0 Å². The van der Waals surface area contributed by atoms with Crippen molar-refractivity contribution in [2.75, 3.05) is 18.9 Å². The highest BCUT2D eigenvalue weighted by molar-refractivity contribution is 6.41. The van der Waals surface area contributed by atoms with Gasteiger partial charge in [-0.3, -0.25) is 9.59 Å². The number of hydrogen-bond acceptors (Lipinski definition) is 3. The summed E-state index contributed by atoms with van der Waals surface area (Å²) < 4.78 is 0.